The Bertz CT molecular complexity index is 2430. The monoisotopic (exact) mass is 824 g/mol. The van der Waals surface area contributed by atoms with Gasteiger partial charge in [0.2, 0.25) is 0 Å². The van der Waals surface area contributed by atoms with E-state index in [9.17, 15) is 37.5 Å². The van der Waals surface area contributed by atoms with Gasteiger partial charge in [0.1, 0.15) is 22.9 Å². The number of aliphatic hydroxyl groups is 1. The molecule has 3 amide bonds. The molecule has 3 aromatic carbocycles. The molecule has 0 bridgehead atoms. The van der Waals surface area contributed by atoms with Crippen LogP contribution in [0.25, 0.3) is 10.9 Å². The average molecular weight is 825 g/mol. The van der Waals surface area contributed by atoms with Crippen LogP contribution in [-0.2, 0) is 23.0 Å². The molecule has 314 valence electrons. The van der Waals surface area contributed by atoms with E-state index in [-0.39, 0.29) is 34.3 Å². The number of fused-ring (bicyclic) bond motifs is 2. The predicted molar refractivity (Wildman–Crippen MR) is 218 cm³/mol. The van der Waals surface area contributed by atoms with Crippen molar-refractivity contribution in [2.24, 2.45) is 5.92 Å². The summed E-state index contributed by atoms with van der Waals surface area (Å²) in [6.45, 7) is 5.13. The fraction of sp³-hybridized carbons (Fsp3) is 0.378. The van der Waals surface area contributed by atoms with Crippen molar-refractivity contribution in [3.63, 3.8) is 0 Å². The minimum absolute atomic E-state index is 0.0332. The molecular weight excluding hydrogens is 778 g/mol. The summed E-state index contributed by atoms with van der Waals surface area (Å²) in [7, 11) is 2.17. The van der Waals surface area contributed by atoms with Crippen molar-refractivity contribution in [3.05, 3.63) is 113 Å². The standard InChI is InChI=1S/C45H47F3N6O6/c1-44(2,59)33-24-35-29(23-36(33)50-41(56)34-14-9-16-38(49-34)45(46,47)48)26-54(52-35)30-19-17-28(18-20-30)25-53(3)21-6-4-5-10-27-11-7-12-31(22-27)60-37-15-8-13-32-39(37)42(57)51-43(58)40(32)55/h7-9,11-16,22-24,26,28,30,59H,4-6,10,17-21,25H2,1-3H3,(H,50,56)(H,51,57,58)/t28-,30-. The maximum atomic E-state index is 13.2. The van der Waals surface area contributed by atoms with Crippen molar-refractivity contribution >= 4 is 40.1 Å². The van der Waals surface area contributed by atoms with Crippen LogP contribution in [0.3, 0.4) is 0 Å². The molecule has 3 heterocycles. The number of ketones is 1. The van der Waals surface area contributed by atoms with Crippen LogP contribution >= 0.6 is 0 Å². The molecule has 7 rings (SSSR count). The van der Waals surface area contributed by atoms with Gasteiger partial charge in [0.15, 0.2) is 0 Å². The van der Waals surface area contributed by atoms with Gasteiger partial charge in [0.25, 0.3) is 23.5 Å². The summed E-state index contributed by atoms with van der Waals surface area (Å²) < 4.78 is 47.7. The Morgan fingerprint density at radius 1 is 0.950 bits per heavy atom. The van der Waals surface area contributed by atoms with Crippen LogP contribution in [0.4, 0.5) is 18.9 Å². The molecule has 12 nitrogen and oxygen atoms in total. The number of unbranched alkanes of at least 4 members (excludes halogenated alkanes) is 2. The van der Waals surface area contributed by atoms with E-state index < -0.39 is 41.0 Å². The van der Waals surface area contributed by atoms with E-state index in [0.29, 0.717) is 22.7 Å². The van der Waals surface area contributed by atoms with Crippen LogP contribution in [0.5, 0.6) is 11.5 Å². The van der Waals surface area contributed by atoms with Crippen LogP contribution in [0.2, 0.25) is 0 Å². The largest absolute Gasteiger partial charge is 0.457 e. The van der Waals surface area contributed by atoms with Gasteiger partial charge in [-0.05, 0) is 132 Å². The second-order valence-electron chi connectivity index (χ2n) is 16.3. The van der Waals surface area contributed by atoms with Crippen LogP contribution in [0, 0.1) is 5.92 Å². The molecule has 60 heavy (non-hydrogen) atoms. The molecule has 2 aliphatic rings. The van der Waals surface area contributed by atoms with Gasteiger partial charge in [0.05, 0.1) is 22.7 Å². The Morgan fingerprint density at radius 3 is 2.45 bits per heavy atom. The van der Waals surface area contributed by atoms with Gasteiger partial charge in [-0.2, -0.15) is 18.3 Å². The molecule has 0 spiro atoms. The molecule has 2 aromatic heterocycles. The van der Waals surface area contributed by atoms with Crippen molar-refractivity contribution in [2.45, 2.75) is 83.0 Å². The number of carbonyl (C=O) groups excluding carboxylic acids is 4. The molecule has 3 N–H and O–H groups in total. The maximum Gasteiger partial charge on any atom is 0.433 e. The fourth-order valence-electron chi connectivity index (χ4n) is 8.08. The average Bonchev–Trinajstić information content (AvgIpc) is 3.62. The van der Waals surface area contributed by atoms with Gasteiger partial charge in [-0.3, -0.25) is 29.2 Å². The smallest absolute Gasteiger partial charge is 0.433 e. The highest BCUT2D eigenvalue weighted by Gasteiger charge is 2.34. The SMILES string of the molecule is CN(CCCCCc1cccc(Oc2cccc3c2C(=O)NC(=O)C3=O)c1)C[C@H]1CC[C@H](n2cc3cc(NC(=O)c4cccc(C(F)(F)F)n4)c(C(C)(C)O)cc3n2)CC1. The number of aryl methyl sites for hydroxylation is 1. The molecule has 15 heteroatoms. The van der Waals surface area contributed by atoms with Crippen molar-refractivity contribution in [1.82, 2.24) is 25.0 Å². The lowest BCUT2D eigenvalue weighted by molar-refractivity contribution is -0.141. The van der Waals surface area contributed by atoms with Crippen molar-refractivity contribution < 1.29 is 42.2 Å². The third-order valence-electron chi connectivity index (χ3n) is 11.2. The number of amides is 3. The van der Waals surface area contributed by atoms with Crippen LogP contribution < -0.4 is 15.4 Å². The van der Waals surface area contributed by atoms with Crippen LogP contribution in [0.15, 0.2) is 79.0 Å². The van der Waals surface area contributed by atoms with Crippen molar-refractivity contribution in [1.29, 1.82) is 0 Å². The molecule has 1 aliphatic carbocycles. The molecule has 0 atom stereocenters. The number of carbonyl (C=O) groups is 4. The highest BCUT2D eigenvalue weighted by atomic mass is 19.4. The summed E-state index contributed by atoms with van der Waals surface area (Å²) in [6, 6.07) is 19.0. The second kappa shape index (κ2) is 17.3. The lowest BCUT2D eigenvalue weighted by Gasteiger charge is -2.31. The topological polar surface area (TPSA) is 156 Å². The van der Waals surface area contributed by atoms with E-state index in [4.69, 9.17) is 9.84 Å². The Hall–Kier alpha value is -5.93. The third-order valence-corrected chi connectivity index (χ3v) is 11.2. The number of Topliss-reactive ketones (excluding diaryl/α,β-unsaturated/α-hetero) is 1. The summed E-state index contributed by atoms with van der Waals surface area (Å²) in [6.07, 6.45) is 5.21. The number of pyridine rings is 1. The van der Waals surface area contributed by atoms with E-state index in [1.165, 1.54) is 12.1 Å². The zero-order valence-corrected chi connectivity index (χ0v) is 33.6. The lowest BCUT2D eigenvalue weighted by Crippen LogP contribution is -2.42. The molecule has 1 fully saturated rings. The number of halogens is 3. The van der Waals surface area contributed by atoms with Gasteiger partial charge in [-0.25, -0.2) is 4.98 Å². The van der Waals surface area contributed by atoms with Gasteiger partial charge in [-0.1, -0.05) is 30.7 Å². The Labute approximate surface area is 345 Å². The predicted octanol–water partition coefficient (Wildman–Crippen LogP) is 8.25. The number of aromatic nitrogens is 3. The number of hydrogen-bond donors (Lipinski definition) is 3. The summed E-state index contributed by atoms with van der Waals surface area (Å²) >= 11 is 0. The number of imide groups is 1. The Kier molecular flexibility index (Phi) is 12.2. The molecule has 1 saturated carbocycles. The number of ether oxygens (including phenoxy) is 1. The van der Waals surface area contributed by atoms with Crippen molar-refractivity contribution in [3.8, 4) is 11.5 Å². The molecule has 5 aromatic rings. The van der Waals surface area contributed by atoms with Gasteiger partial charge in [-0.15, -0.1) is 0 Å². The second-order valence-corrected chi connectivity index (χ2v) is 16.3. The Balaban J connectivity index is 0.871. The first-order chi connectivity index (χ1) is 28.5. The molecule has 0 radical (unpaired) electrons. The first-order valence-electron chi connectivity index (χ1n) is 20.1. The van der Waals surface area contributed by atoms with Crippen LogP contribution in [-0.4, -0.2) is 68.4 Å². The number of rotatable bonds is 14. The fourth-order valence-corrected chi connectivity index (χ4v) is 8.08. The Morgan fingerprint density at radius 2 is 1.70 bits per heavy atom. The van der Waals surface area contributed by atoms with Crippen molar-refractivity contribution in [2.75, 3.05) is 25.5 Å². The first-order valence-corrected chi connectivity index (χ1v) is 20.1. The third kappa shape index (κ3) is 9.74. The van der Waals surface area contributed by atoms with E-state index in [1.54, 1.807) is 44.2 Å². The van der Waals surface area contributed by atoms with E-state index in [0.717, 1.165) is 87.5 Å². The quantitative estimate of drug-likeness (QED) is 0.0570. The zero-order valence-electron chi connectivity index (χ0n) is 33.6. The zero-order chi connectivity index (χ0) is 42.8. The van der Waals surface area contributed by atoms with Gasteiger partial charge in [0, 0.05) is 34.9 Å². The molecule has 0 saturated heterocycles. The van der Waals surface area contributed by atoms with Crippen LogP contribution in [0.1, 0.15) is 113 Å². The summed E-state index contributed by atoms with van der Waals surface area (Å²) in [5.74, 6) is -1.87. The van der Waals surface area contributed by atoms with Gasteiger partial charge >= 0.3 is 6.18 Å². The summed E-state index contributed by atoms with van der Waals surface area (Å²) in [4.78, 5) is 55.5. The minimum Gasteiger partial charge on any atom is -0.457 e. The lowest BCUT2D eigenvalue weighted by atomic mass is 9.86. The number of hydrogen-bond acceptors (Lipinski definition) is 9. The normalized spacial score (nSPS) is 17.2. The highest BCUT2D eigenvalue weighted by molar-refractivity contribution is 6.49. The highest BCUT2D eigenvalue weighted by Crippen LogP contribution is 2.37. The molecule has 1 aliphatic heterocycles. The van der Waals surface area contributed by atoms with E-state index >= 15 is 0 Å². The van der Waals surface area contributed by atoms with E-state index in [1.807, 2.05) is 29.1 Å². The maximum absolute atomic E-state index is 13.2. The number of benzene rings is 3. The number of nitrogens with zero attached hydrogens (tertiary/aromatic N) is 4. The summed E-state index contributed by atoms with van der Waals surface area (Å²) in [5, 5.41) is 21.3. The number of alkyl halides is 3. The minimum atomic E-state index is -4.69. The molecule has 0 unspecified atom stereocenters. The first kappa shape index (κ1) is 42.2. The summed E-state index contributed by atoms with van der Waals surface area (Å²) in [5.41, 5.74) is -0.454. The molecular formula is C45H47F3N6O6. The van der Waals surface area contributed by atoms with Gasteiger partial charge < -0.3 is 20.1 Å². The number of nitrogens with one attached hydrogen (secondary N) is 2. The van der Waals surface area contributed by atoms with E-state index in [2.05, 4.69) is 27.6 Å². The number of anilines is 1.